The Bertz CT molecular complexity index is 128. The van der Waals surface area contributed by atoms with Crippen LogP contribution in [0, 0.1) is 0 Å². The Hall–Kier alpha value is -0.610. The summed E-state index contributed by atoms with van der Waals surface area (Å²) in [7, 11) is 0. The summed E-state index contributed by atoms with van der Waals surface area (Å²) in [6.07, 6.45) is 2.21. The highest BCUT2D eigenvalue weighted by Crippen LogP contribution is 1.96. The van der Waals surface area contributed by atoms with Crippen molar-refractivity contribution in [3.05, 3.63) is 0 Å². The second-order valence-electron chi connectivity index (χ2n) is 2.70. The molecule has 0 aliphatic heterocycles. The van der Waals surface area contributed by atoms with Crippen LogP contribution in [-0.4, -0.2) is 25.2 Å². The zero-order valence-corrected chi connectivity index (χ0v) is 7.58. The molecule has 4 heteroatoms. The van der Waals surface area contributed by atoms with E-state index in [9.17, 15) is 4.79 Å². The Kier molecular flexibility index (Phi) is 6.70. The van der Waals surface area contributed by atoms with Crippen LogP contribution < -0.4 is 11.5 Å². The average Bonchev–Trinajstić information content (AvgIpc) is 2.10. The summed E-state index contributed by atoms with van der Waals surface area (Å²) in [4.78, 5) is 11.0. The molecule has 12 heavy (non-hydrogen) atoms. The molecule has 0 heterocycles. The molecular weight excluding hydrogens is 156 g/mol. The second-order valence-corrected chi connectivity index (χ2v) is 2.70. The Morgan fingerprint density at radius 1 is 1.58 bits per heavy atom. The normalized spacial score (nSPS) is 12.6. The fourth-order valence-corrected chi connectivity index (χ4v) is 0.765. The highest BCUT2D eigenvalue weighted by Gasteiger charge is 2.13. The number of esters is 1. The SMILES string of the molecule is CCCOC(=O)[C@H](N)CCCN. The van der Waals surface area contributed by atoms with Crippen molar-refractivity contribution in [2.24, 2.45) is 11.5 Å². The third-order valence-corrected chi connectivity index (χ3v) is 1.47. The molecule has 0 aromatic heterocycles. The molecule has 0 fully saturated rings. The molecule has 4 N–H and O–H groups in total. The summed E-state index contributed by atoms with van der Waals surface area (Å²) in [6.45, 7) is 2.96. The van der Waals surface area contributed by atoms with Crippen molar-refractivity contribution < 1.29 is 9.53 Å². The molecular formula is C8H18N2O2. The van der Waals surface area contributed by atoms with Gasteiger partial charge in [0, 0.05) is 0 Å². The summed E-state index contributed by atoms with van der Waals surface area (Å²) < 4.78 is 4.85. The summed E-state index contributed by atoms with van der Waals surface area (Å²) in [6, 6.07) is -0.500. The van der Waals surface area contributed by atoms with Crippen LogP contribution >= 0.6 is 0 Å². The first-order chi connectivity index (χ1) is 5.72. The molecule has 0 spiro atoms. The molecule has 0 aliphatic rings. The van der Waals surface area contributed by atoms with Crippen LogP contribution in [-0.2, 0) is 9.53 Å². The fourth-order valence-electron chi connectivity index (χ4n) is 0.765. The predicted octanol–water partition coefficient (Wildman–Crippen LogP) is 0.00580. The van der Waals surface area contributed by atoms with Gasteiger partial charge in [0.25, 0.3) is 0 Å². The minimum atomic E-state index is -0.500. The molecule has 0 aromatic carbocycles. The van der Waals surface area contributed by atoms with Gasteiger partial charge >= 0.3 is 5.97 Å². The van der Waals surface area contributed by atoms with Crippen molar-refractivity contribution in [2.45, 2.75) is 32.2 Å². The van der Waals surface area contributed by atoms with E-state index in [2.05, 4.69) is 0 Å². The lowest BCUT2D eigenvalue weighted by molar-refractivity contribution is -0.145. The topological polar surface area (TPSA) is 78.3 Å². The molecule has 1 atom stereocenters. The Morgan fingerprint density at radius 3 is 2.75 bits per heavy atom. The highest BCUT2D eigenvalue weighted by atomic mass is 16.5. The van der Waals surface area contributed by atoms with Gasteiger partial charge in [-0.15, -0.1) is 0 Å². The van der Waals surface area contributed by atoms with E-state index in [1.54, 1.807) is 0 Å². The first-order valence-electron chi connectivity index (χ1n) is 4.34. The molecule has 4 nitrogen and oxygen atoms in total. The monoisotopic (exact) mass is 174 g/mol. The standard InChI is InChI=1S/C8H18N2O2/c1-2-6-12-8(11)7(10)4-3-5-9/h7H,2-6,9-10H2,1H3/t7-/m1/s1. The van der Waals surface area contributed by atoms with E-state index in [1.807, 2.05) is 6.92 Å². The quantitative estimate of drug-likeness (QED) is 0.556. The summed E-state index contributed by atoms with van der Waals surface area (Å²) in [5.41, 5.74) is 10.8. The average molecular weight is 174 g/mol. The number of nitrogens with two attached hydrogens (primary N) is 2. The van der Waals surface area contributed by atoms with Gasteiger partial charge in [-0.3, -0.25) is 4.79 Å². The molecule has 0 saturated heterocycles. The lowest BCUT2D eigenvalue weighted by Gasteiger charge is -2.09. The lowest BCUT2D eigenvalue weighted by atomic mass is 10.2. The molecule has 0 rings (SSSR count). The van der Waals surface area contributed by atoms with Crippen LogP contribution in [0.25, 0.3) is 0 Å². The number of hydrogen-bond donors (Lipinski definition) is 2. The Balaban J connectivity index is 3.47. The van der Waals surface area contributed by atoms with E-state index in [4.69, 9.17) is 16.2 Å². The van der Waals surface area contributed by atoms with E-state index in [1.165, 1.54) is 0 Å². The van der Waals surface area contributed by atoms with Gasteiger partial charge in [0.05, 0.1) is 6.61 Å². The molecule has 0 radical (unpaired) electrons. The lowest BCUT2D eigenvalue weighted by Crippen LogP contribution is -2.32. The van der Waals surface area contributed by atoms with Crippen molar-refractivity contribution in [1.29, 1.82) is 0 Å². The zero-order valence-electron chi connectivity index (χ0n) is 7.58. The molecule has 0 saturated carbocycles. The molecule has 72 valence electrons. The minimum absolute atomic E-state index is 0.315. The van der Waals surface area contributed by atoms with Gasteiger partial charge in [0.2, 0.25) is 0 Å². The fraction of sp³-hybridized carbons (Fsp3) is 0.875. The van der Waals surface area contributed by atoms with Crippen LogP contribution in [0.3, 0.4) is 0 Å². The maximum Gasteiger partial charge on any atom is 0.322 e. The Labute approximate surface area is 73.2 Å². The van der Waals surface area contributed by atoms with Crippen molar-refractivity contribution in [3.63, 3.8) is 0 Å². The smallest absolute Gasteiger partial charge is 0.322 e. The number of carbonyl (C=O) groups is 1. The molecule has 0 bridgehead atoms. The van der Waals surface area contributed by atoms with E-state index in [0.717, 1.165) is 12.8 Å². The maximum atomic E-state index is 11.0. The molecule has 0 amide bonds. The van der Waals surface area contributed by atoms with Crippen LogP contribution in [0.15, 0.2) is 0 Å². The first kappa shape index (κ1) is 11.4. The van der Waals surface area contributed by atoms with Crippen molar-refractivity contribution in [2.75, 3.05) is 13.2 Å². The van der Waals surface area contributed by atoms with E-state index in [-0.39, 0.29) is 5.97 Å². The predicted molar refractivity (Wildman–Crippen MR) is 47.5 cm³/mol. The second kappa shape index (κ2) is 7.06. The summed E-state index contributed by atoms with van der Waals surface area (Å²) in [5, 5.41) is 0. The number of hydrogen-bond acceptors (Lipinski definition) is 4. The zero-order chi connectivity index (χ0) is 9.40. The van der Waals surface area contributed by atoms with E-state index in [0.29, 0.717) is 19.6 Å². The number of rotatable bonds is 6. The minimum Gasteiger partial charge on any atom is -0.465 e. The third-order valence-electron chi connectivity index (χ3n) is 1.47. The highest BCUT2D eigenvalue weighted by molar-refractivity contribution is 5.75. The summed E-state index contributed by atoms with van der Waals surface area (Å²) >= 11 is 0. The van der Waals surface area contributed by atoms with Gasteiger partial charge in [-0.2, -0.15) is 0 Å². The number of ether oxygens (including phenoxy) is 1. The third kappa shape index (κ3) is 5.09. The van der Waals surface area contributed by atoms with Gasteiger partial charge in [-0.05, 0) is 25.8 Å². The van der Waals surface area contributed by atoms with Crippen molar-refractivity contribution in [3.8, 4) is 0 Å². The van der Waals surface area contributed by atoms with E-state index < -0.39 is 6.04 Å². The van der Waals surface area contributed by atoms with Gasteiger partial charge < -0.3 is 16.2 Å². The van der Waals surface area contributed by atoms with Gasteiger partial charge in [0.15, 0.2) is 0 Å². The molecule has 0 unspecified atom stereocenters. The maximum absolute atomic E-state index is 11.0. The van der Waals surface area contributed by atoms with Crippen LogP contribution in [0.1, 0.15) is 26.2 Å². The number of carbonyl (C=O) groups excluding carboxylic acids is 1. The molecule has 0 aliphatic carbocycles. The van der Waals surface area contributed by atoms with Crippen LogP contribution in [0.4, 0.5) is 0 Å². The van der Waals surface area contributed by atoms with Crippen LogP contribution in [0.5, 0.6) is 0 Å². The van der Waals surface area contributed by atoms with Crippen molar-refractivity contribution in [1.82, 2.24) is 0 Å². The van der Waals surface area contributed by atoms with Gasteiger partial charge in [-0.1, -0.05) is 6.92 Å². The Morgan fingerprint density at radius 2 is 2.25 bits per heavy atom. The first-order valence-corrected chi connectivity index (χ1v) is 4.34. The van der Waals surface area contributed by atoms with Crippen molar-refractivity contribution >= 4 is 5.97 Å². The van der Waals surface area contributed by atoms with Gasteiger partial charge in [-0.25, -0.2) is 0 Å². The largest absolute Gasteiger partial charge is 0.465 e. The van der Waals surface area contributed by atoms with Gasteiger partial charge in [0.1, 0.15) is 6.04 Å². The summed E-state index contributed by atoms with van der Waals surface area (Å²) in [5.74, 6) is -0.315. The van der Waals surface area contributed by atoms with E-state index >= 15 is 0 Å². The molecule has 0 aromatic rings. The van der Waals surface area contributed by atoms with Crippen LogP contribution in [0.2, 0.25) is 0 Å².